The van der Waals surface area contributed by atoms with Crippen LogP contribution in [-0.4, -0.2) is 108 Å². The normalized spacial score (nSPS) is 11.7. The van der Waals surface area contributed by atoms with Crippen molar-refractivity contribution in [1.29, 1.82) is 0 Å². The van der Waals surface area contributed by atoms with E-state index in [0.29, 0.717) is 96.0 Å². The van der Waals surface area contributed by atoms with E-state index in [-0.39, 0.29) is 42.2 Å². The van der Waals surface area contributed by atoms with Crippen molar-refractivity contribution in [2.45, 2.75) is 33.1 Å². The third-order valence-electron chi connectivity index (χ3n) is 9.14. The second-order valence-electron chi connectivity index (χ2n) is 13.8. The number of likely N-dealkylation sites (N-methyl/N-ethyl adjacent to an activating group) is 1. The summed E-state index contributed by atoms with van der Waals surface area (Å²) in [5.74, 6) is 0.0134. The molecular weight excluding hydrogens is 824 g/mol. The van der Waals surface area contributed by atoms with E-state index in [2.05, 4.69) is 22.1 Å². The molecule has 0 aliphatic carbocycles. The van der Waals surface area contributed by atoms with Gasteiger partial charge in [-0.05, 0) is 85.5 Å². The molecular formula is C45H55ClN4O12. The van der Waals surface area contributed by atoms with E-state index in [0.717, 1.165) is 29.1 Å². The average Bonchev–Trinajstić information content (AvgIpc) is 3.27. The first-order valence-corrected chi connectivity index (χ1v) is 20.8. The lowest BCUT2D eigenvalue weighted by molar-refractivity contribution is -0.384. The Labute approximate surface area is 366 Å². The first-order valence-electron chi connectivity index (χ1n) is 20.4. The van der Waals surface area contributed by atoms with Crippen LogP contribution in [0.15, 0.2) is 101 Å². The number of carboxylic acids is 1. The van der Waals surface area contributed by atoms with Crippen LogP contribution < -0.4 is 14.4 Å². The van der Waals surface area contributed by atoms with Crippen molar-refractivity contribution in [3.63, 3.8) is 0 Å². The van der Waals surface area contributed by atoms with Crippen molar-refractivity contribution in [2.24, 2.45) is 16.1 Å². The van der Waals surface area contributed by atoms with Crippen molar-refractivity contribution in [3.8, 4) is 11.5 Å². The molecule has 1 atom stereocenters. The molecule has 0 saturated heterocycles. The molecule has 0 spiro atoms. The highest BCUT2D eigenvalue weighted by atomic mass is 35.5. The van der Waals surface area contributed by atoms with Gasteiger partial charge < -0.3 is 43.2 Å². The van der Waals surface area contributed by atoms with Crippen LogP contribution in [0.2, 0.25) is 5.02 Å². The zero-order valence-electron chi connectivity index (χ0n) is 35.2. The number of nitro benzene ring substituents is 1. The van der Waals surface area contributed by atoms with Crippen LogP contribution >= 0.6 is 11.6 Å². The molecule has 0 aromatic heterocycles. The number of ether oxygens (including phenoxy) is 7. The number of esters is 1. The molecule has 0 aliphatic heterocycles. The number of anilines is 1. The van der Waals surface area contributed by atoms with Crippen molar-refractivity contribution in [2.75, 3.05) is 90.7 Å². The van der Waals surface area contributed by atoms with Gasteiger partial charge >= 0.3 is 11.9 Å². The second kappa shape index (κ2) is 28.0. The smallest absolute Gasteiger partial charge is 0.309 e. The summed E-state index contributed by atoms with van der Waals surface area (Å²) in [5.41, 5.74) is 3.79. The molecule has 17 heteroatoms. The number of benzene rings is 4. The number of carbonyl (C=O) groups is 2. The zero-order valence-corrected chi connectivity index (χ0v) is 35.9. The Hall–Kier alpha value is -5.65. The Morgan fingerprint density at radius 2 is 1.27 bits per heavy atom. The fraction of sp³-hybridized carbons (Fsp3) is 0.422. The molecule has 4 aromatic rings. The number of nitrogens with zero attached hydrogens (tertiary/aromatic N) is 4. The van der Waals surface area contributed by atoms with E-state index in [1.807, 2.05) is 79.7 Å². The topological polar surface area (TPSA) is 190 Å². The number of carbonyl (C=O) groups excluding carboxylic acids is 1. The summed E-state index contributed by atoms with van der Waals surface area (Å²) >= 11 is 6.11. The quantitative estimate of drug-likeness (QED) is 0.0167. The summed E-state index contributed by atoms with van der Waals surface area (Å²) in [6.07, 6.45) is 1.13. The predicted molar refractivity (Wildman–Crippen MR) is 234 cm³/mol. The summed E-state index contributed by atoms with van der Waals surface area (Å²) in [5, 5.41) is 28.2. The Balaban J connectivity index is 0.971. The van der Waals surface area contributed by atoms with Crippen molar-refractivity contribution in [1.82, 2.24) is 0 Å². The van der Waals surface area contributed by atoms with Gasteiger partial charge in [0.1, 0.15) is 37.0 Å². The summed E-state index contributed by atoms with van der Waals surface area (Å²) in [4.78, 5) is 35.8. The molecule has 1 N–H and O–H groups in total. The highest BCUT2D eigenvalue weighted by molar-refractivity contribution is 6.33. The van der Waals surface area contributed by atoms with Gasteiger partial charge in [-0.15, -0.1) is 5.11 Å². The Morgan fingerprint density at radius 1 is 0.726 bits per heavy atom. The van der Waals surface area contributed by atoms with E-state index in [4.69, 9.17) is 49.9 Å². The van der Waals surface area contributed by atoms with E-state index in [1.54, 1.807) is 0 Å². The monoisotopic (exact) mass is 878 g/mol. The number of rotatable bonds is 31. The molecule has 4 rings (SSSR count). The Morgan fingerprint density at radius 3 is 1.82 bits per heavy atom. The van der Waals surface area contributed by atoms with Gasteiger partial charge in [0.05, 0.1) is 81.0 Å². The predicted octanol–water partition coefficient (Wildman–Crippen LogP) is 8.45. The lowest BCUT2D eigenvalue weighted by Gasteiger charge is -2.23. The summed E-state index contributed by atoms with van der Waals surface area (Å²) in [6, 6.07) is 26.6. The number of aliphatic carboxylic acids is 1. The van der Waals surface area contributed by atoms with Gasteiger partial charge in [0.15, 0.2) is 0 Å². The number of aryl methyl sites for hydroxylation is 1. The number of non-ortho nitro benzene ring substituents is 1. The molecule has 0 amide bonds. The average molecular weight is 879 g/mol. The fourth-order valence-corrected chi connectivity index (χ4v) is 5.97. The molecule has 0 aliphatic rings. The molecule has 1 unspecified atom stereocenters. The maximum atomic E-state index is 12.5. The number of hydrogen-bond donors (Lipinski definition) is 1. The van der Waals surface area contributed by atoms with E-state index < -0.39 is 10.9 Å². The number of azo groups is 1. The minimum absolute atomic E-state index is 0.103. The van der Waals surface area contributed by atoms with Crippen LogP contribution in [0.4, 0.5) is 22.7 Å². The summed E-state index contributed by atoms with van der Waals surface area (Å²) in [7, 11) is 0. The van der Waals surface area contributed by atoms with Gasteiger partial charge in [-0.2, -0.15) is 5.11 Å². The van der Waals surface area contributed by atoms with Crippen LogP contribution in [0.25, 0.3) is 0 Å². The molecule has 62 heavy (non-hydrogen) atoms. The molecule has 0 heterocycles. The minimum atomic E-state index is -0.815. The molecule has 334 valence electrons. The molecule has 16 nitrogen and oxygen atoms in total. The molecule has 0 radical (unpaired) electrons. The minimum Gasteiger partial charge on any atom is -0.492 e. The van der Waals surface area contributed by atoms with Gasteiger partial charge in [-0.1, -0.05) is 42.8 Å². The Bertz CT molecular complexity index is 1970. The lowest BCUT2D eigenvalue weighted by Crippen LogP contribution is -2.27. The van der Waals surface area contributed by atoms with E-state index >= 15 is 0 Å². The molecule has 0 bridgehead atoms. The molecule has 0 saturated carbocycles. The van der Waals surface area contributed by atoms with Gasteiger partial charge in [0.25, 0.3) is 5.69 Å². The fourth-order valence-electron chi connectivity index (χ4n) is 5.76. The summed E-state index contributed by atoms with van der Waals surface area (Å²) in [6.45, 7) is 9.53. The van der Waals surface area contributed by atoms with Crippen LogP contribution in [-0.2, 0) is 46.1 Å². The van der Waals surface area contributed by atoms with Crippen LogP contribution in [0.3, 0.4) is 0 Å². The van der Waals surface area contributed by atoms with Crippen molar-refractivity contribution in [3.05, 3.63) is 117 Å². The van der Waals surface area contributed by atoms with Crippen LogP contribution in [0.5, 0.6) is 11.5 Å². The Kier molecular flexibility index (Phi) is 22.2. The van der Waals surface area contributed by atoms with Gasteiger partial charge in [-0.25, -0.2) is 0 Å². The standard InChI is InChI=1S/C45H55ClN4O12/c1-3-49(38-11-9-37(10-12-38)47-48-43-18-13-39(50(54)55)33-42(43)46)20-21-60-40-16-6-36(7-17-40)32-34(2)45(53)62-31-29-59-27-25-57-23-22-56-24-26-58-28-30-61-41-14-4-35(5-15-41)8-19-44(51)52/h4-7,9-18,33-34H,3,8,19-32H2,1-2H3,(H,51,52). The zero-order chi connectivity index (χ0) is 44.4. The number of hydrogen-bond acceptors (Lipinski definition) is 14. The largest absolute Gasteiger partial charge is 0.492 e. The van der Waals surface area contributed by atoms with E-state index in [9.17, 15) is 19.7 Å². The summed E-state index contributed by atoms with van der Waals surface area (Å²) < 4.78 is 39.1. The second-order valence-corrected chi connectivity index (χ2v) is 14.2. The van der Waals surface area contributed by atoms with Crippen molar-refractivity contribution < 1.29 is 52.8 Å². The van der Waals surface area contributed by atoms with Gasteiger partial charge in [0, 0.05) is 30.8 Å². The first kappa shape index (κ1) is 49.0. The maximum Gasteiger partial charge on any atom is 0.309 e. The van der Waals surface area contributed by atoms with E-state index in [1.165, 1.54) is 18.2 Å². The third-order valence-corrected chi connectivity index (χ3v) is 9.45. The molecule has 0 fully saturated rings. The van der Waals surface area contributed by atoms with Crippen LogP contribution in [0, 0.1) is 16.0 Å². The first-order chi connectivity index (χ1) is 30.1. The maximum absolute atomic E-state index is 12.5. The molecule has 4 aromatic carbocycles. The number of nitro groups is 1. The number of carboxylic acid groups (broad SMARTS) is 1. The third kappa shape index (κ3) is 19.0. The highest BCUT2D eigenvalue weighted by Gasteiger charge is 2.15. The highest BCUT2D eigenvalue weighted by Crippen LogP contribution is 2.31. The number of halogens is 1. The van der Waals surface area contributed by atoms with Gasteiger partial charge in [0.2, 0.25) is 0 Å². The lowest BCUT2D eigenvalue weighted by atomic mass is 10.0. The van der Waals surface area contributed by atoms with Crippen molar-refractivity contribution >= 4 is 46.3 Å². The van der Waals surface area contributed by atoms with Crippen LogP contribution in [0.1, 0.15) is 31.4 Å². The van der Waals surface area contributed by atoms with Gasteiger partial charge in [-0.3, -0.25) is 19.7 Å². The SMILES string of the molecule is CCN(CCOc1ccc(CC(C)C(=O)OCCOCCOCCOCCOCCOc2ccc(CCC(=O)O)cc2)cc1)c1ccc(N=Nc2ccc([N+](=O)[O-])cc2Cl)cc1.